The van der Waals surface area contributed by atoms with Crippen LogP contribution < -0.4 is 10.6 Å². The molecule has 9 heteroatoms. The van der Waals surface area contributed by atoms with Crippen molar-refractivity contribution < 1.29 is 23.5 Å². The maximum absolute atomic E-state index is 14.0. The van der Waals surface area contributed by atoms with Crippen molar-refractivity contribution in [3.63, 3.8) is 0 Å². The Balaban J connectivity index is 1.52. The van der Waals surface area contributed by atoms with E-state index in [1.54, 1.807) is 4.90 Å². The molecule has 2 amide bonds. The van der Waals surface area contributed by atoms with Crippen LogP contribution in [-0.4, -0.2) is 58.6 Å². The minimum atomic E-state index is -1.08. The summed E-state index contributed by atoms with van der Waals surface area (Å²) in [4.78, 5) is 32.3. The molecule has 1 aromatic heterocycles. The molecular weight excluding hydrogens is 526 g/mol. The van der Waals surface area contributed by atoms with Crippen LogP contribution in [0, 0.1) is 11.6 Å². The fourth-order valence-electron chi connectivity index (χ4n) is 5.13. The van der Waals surface area contributed by atoms with Gasteiger partial charge in [-0.3, -0.25) is 14.6 Å². The second-order valence-corrected chi connectivity index (χ2v) is 10.7. The standard InChI is InChI=1S/C32H38F2N4O3/c1-3-12-38(13-4-2)31(41)24-17-23(19-35-20-24)30(40)37-28(16-22-14-26(33)18-27(34)15-22)29(39)21-36-32(10-11-32)25-8-6-5-7-9-25/h5-9,14-15,17-20,28-29,36,39H,3-4,10-13,16,21H2,1-2H3,(H,37,40). The van der Waals surface area contributed by atoms with E-state index in [2.05, 4.69) is 15.6 Å². The van der Waals surface area contributed by atoms with E-state index in [0.717, 1.165) is 37.3 Å². The molecule has 0 bridgehead atoms. The van der Waals surface area contributed by atoms with Crippen LogP contribution in [0.4, 0.5) is 8.78 Å². The van der Waals surface area contributed by atoms with Crippen molar-refractivity contribution in [3.8, 4) is 0 Å². The molecule has 1 aliphatic carbocycles. The number of nitrogens with one attached hydrogen (secondary N) is 2. The highest BCUT2D eigenvalue weighted by Crippen LogP contribution is 2.45. The summed E-state index contributed by atoms with van der Waals surface area (Å²) in [6.07, 6.45) is 5.14. The van der Waals surface area contributed by atoms with Crippen LogP contribution in [0.1, 0.15) is 71.4 Å². The molecule has 4 rings (SSSR count). The van der Waals surface area contributed by atoms with E-state index in [9.17, 15) is 23.5 Å². The molecular formula is C32H38F2N4O3. The van der Waals surface area contributed by atoms with E-state index in [1.807, 2.05) is 44.2 Å². The monoisotopic (exact) mass is 564 g/mol. The molecule has 2 unspecified atom stereocenters. The number of aromatic nitrogens is 1. The molecule has 1 aliphatic rings. The summed E-state index contributed by atoms with van der Waals surface area (Å²) in [6, 6.07) is 13.7. The smallest absolute Gasteiger partial charge is 0.255 e. The normalized spacial score (nSPS) is 15.1. The number of rotatable bonds is 14. The maximum atomic E-state index is 14.0. The van der Waals surface area contributed by atoms with Crippen LogP contribution in [0.15, 0.2) is 67.0 Å². The predicted octanol–water partition coefficient (Wildman–Crippen LogP) is 4.60. The van der Waals surface area contributed by atoms with E-state index in [1.165, 1.54) is 30.6 Å². The molecule has 0 aliphatic heterocycles. The van der Waals surface area contributed by atoms with Crippen molar-refractivity contribution in [2.45, 2.75) is 63.6 Å². The van der Waals surface area contributed by atoms with Crippen molar-refractivity contribution in [1.82, 2.24) is 20.5 Å². The number of hydrogen-bond acceptors (Lipinski definition) is 5. The Labute approximate surface area is 240 Å². The third-order valence-electron chi connectivity index (χ3n) is 7.41. The van der Waals surface area contributed by atoms with Gasteiger partial charge < -0.3 is 20.6 Å². The average molecular weight is 565 g/mol. The van der Waals surface area contributed by atoms with E-state index in [4.69, 9.17) is 0 Å². The third kappa shape index (κ3) is 7.95. The number of amides is 2. The largest absolute Gasteiger partial charge is 0.390 e. The fraction of sp³-hybridized carbons (Fsp3) is 0.406. The van der Waals surface area contributed by atoms with Crippen molar-refractivity contribution in [3.05, 3.63) is 101 Å². The van der Waals surface area contributed by atoms with Gasteiger partial charge in [-0.2, -0.15) is 0 Å². The van der Waals surface area contributed by atoms with Crippen LogP contribution in [0.25, 0.3) is 0 Å². The molecule has 7 nitrogen and oxygen atoms in total. The van der Waals surface area contributed by atoms with Crippen LogP contribution in [0.2, 0.25) is 0 Å². The van der Waals surface area contributed by atoms with Crippen LogP contribution >= 0.6 is 0 Å². The molecule has 2 aromatic carbocycles. The molecule has 41 heavy (non-hydrogen) atoms. The average Bonchev–Trinajstić information content (AvgIpc) is 3.76. The van der Waals surface area contributed by atoms with Crippen LogP contribution in [0.5, 0.6) is 0 Å². The quantitative estimate of drug-likeness (QED) is 0.266. The number of nitrogens with zero attached hydrogens (tertiary/aromatic N) is 2. The third-order valence-corrected chi connectivity index (χ3v) is 7.41. The minimum Gasteiger partial charge on any atom is -0.390 e. The molecule has 1 saturated carbocycles. The van der Waals surface area contributed by atoms with Gasteiger partial charge in [0.1, 0.15) is 11.6 Å². The van der Waals surface area contributed by atoms with Gasteiger partial charge in [0.15, 0.2) is 0 Å². The van der Waals surface area contributed by atoms with E-state index < -0.39 is 29.7 Å². The number of aliphatic hydroxyl groups excluding tert-OH is 1. The van der Waals surface area contributed by atoms with Gasteiger partial charge in [0.25, 0.3) is 11.8 Å². The Morgan fingerprint density at radius 3 is 2.22 bits per heavy atom. The topological polar surface area (TPSA) is 94.6 Å². The first-order valence-corrected chi connectivity index (χ1v) is 14.2. The van der Waals surface area contributed by atoms with Gasteiger partial charge in [-0.1, -0.05) is 44.2 Å². The predicted molar refractivity (Wildman–Crippen MR) is 153 cm³/mol. The summed E-state index contributed by atoms with van der Waals surface area (Å²) in [6.45, 7) is 5.33. The number of carbonyl (C=O) groups is 2. The van der Waals surface area contributed by atoms with Crippen LogP contribution in [0.3, 0.4) is 0 Å². The van der Waals surface area contributed by atoms with Gasteiger partial charge in [-0.25, -0.2) is 8.78 Å². The number of halogens is 2. The van der Waals surface area contributed by atoms with Gasteiger partial charge in [0.2, 0.25) is 0 Å². The summed E-state index contributed by atoms with van der Waals surface area (Å²) >= 11 is 0. The molecule has 218 valence electrons. The summed E-state index contributed by atoms with van der Waals surface area (Å²) in [5.41, 5.74) is 1.62. The lowest BCUT2D eigenvalue weighted by Gasteiger charge is -2.27. The SMILES string of the molecule is CCCN(CCC)C(=O)c1cncc(C(=O)NC(Cc2cc(F)cc(F)c2)C(O)CNC2(c3ccccc3)CC2)c1. The lowest BCUT2D eigenvalue weighted by molar-refractivity contribution is 0.0755. The molecule has 1 fully saturated rings. The number of benzene rings is 2. The Hall–Kier alpha value is -3.69. The zero-order valence-electron chi connectivity index (χ0n) is 23.6. The maximum Gasteiger partial charge on any atom is 0.255 e. The highest BCUT2D eigenvalue weighted by Gasteiger charge is 2.44. The molecule has 1 heterocycles. The molecule has 3 aromatic rings. The molecule has 0 radical (unpaired) electrons. The zero-order valence-corrected chi connectivity index (χ0v) is 23.6. The Kier molecular flexibility index (Phi) is 10.2. The number of pyridine rings is 1. The first-order valence-electron chi connectivity index (χ1n) is 14.2. The number of carbonyl (C=O) groups excluding carboxylic acids is 2. The molecule has 2 atom stereocenters. The molecule has 0 spiro atoms. The lowest BCUT2D eigenvalue weighted by atomic mass is 9.99. The summed E-state index contributed by atoms with van der Waals surface area (Å²) in [5.74, 6) is -2.23. The summed E-state index contributed by atoms with van der Waals surface area (Å²) in [5, 5.41) is 17.5. The van der Waals surface area contributed by atoms with Gasteiger partial charge >= 0.3 is 0 Å². The second-order valence-electron chi connectivity index (χ2n) is 10.7. The van der Waals surface area contributed by atoms with E-state index in [-0.39, 0.29) is 30.0 Å². The first kappa shape index (κ1) is 30.3. The summed E-state index contributed by atoms with van der Waals surface area (Å²) in [7, 11) is 0. The van der Waals surface area contributed by atoms with Gasteiger partial charge in [0, 0.05) is 43.6 Å². The number of hydrogen-bond donors (Lipinski definition) is 3. The van der Waals surface area contributed by atoms with E-state index >= 15 is 0 Å². The Morgan fingerprint density at radius 1 is 0.976 bits per heavy atom. The van der Waals surface area contributed by atoms with E-state index in [0.29, 0.717) is 24.2 Å². The summed E-state index contributed by atoms with van der Waals surface area (Å²) < 4.78 is 27.9. The van der Waals surface area contributed by atoms with Gasteiger partial charge in [-0.15, -0.1) is 0 Å². The van der Waals surface area contributed by atoms with Gasteiger partial charge in [0.05, 0.1) is 23.3 Å². The molecule has 0 saturated heterocycles. The highest BCUT2D eigenvalue weighted by atomic mass is 19.1. The number of aliphatic hydroxyl groups is 1. The second kappa shape index (κ2) is 13.8. The van der Waals surface area contributed by atoms with Crippen molar-refractivity contribution in [2.24, 2.45) is 0 Å². The molecule has 3 N–H and O–H groups in total. The lowest BCUT2D eigenvalue weighted by Crippen LogP contribution is -2.50. The Morgan fingerprint density at radius 2 is 1.61 bits per heavy atom. The zero-order chi connectivity index (χ0) is 29.4. The first-order chi connectivity index (χ1) is 19.7. The Bertz CT molecular complexity index is 1310. The van der Waals surface area contributed by atoms with Crippen molar-refractivity contribution in [1.29, 1.82) is 0 Å². The van der Waals surface area contributed by atoms with Crippen molar-refractivity contribution in [2.75, 3.05) is 19.6 Å². The van der Waals surface area contributed by atoms with Crippen molar-refractivity contribution >= 4 is 11.8 Å². The van der Waals surface area contributed by atoms with Crippen LogP contribution in [-0.2, 0) is 12.0 Å². The highest BCUT2D eigenvalue weighted by molar-refractivity contribution is 5.99. The minimum absolute atomic E-state index is 0.00552. The fourth-order valence-corrected chi connectivity index (χ4v) is 5.13. The van der Waals surface area contributed by atoms with Gasteiger partial charge in [-0.05, 0) is 61.4 Å².